The number of hydrogen-bond donors (Lipinski definition) is 1. The van der Waals surface area contributed by atoms with Crippen LogP contribution in [0.25, 0.3) is 0 Å². The minimum absolute atomic E-state index is 0.107. The van der Waals surface area contributed by atoms with E-state index in [1.165, 1.54) is 36.5 Å². The maximum absolute atomic E-state index is 13.0. The highest BCUT2D eigenvalue weighted by atomic mass is 79.9. The van der Waals surface area contributed by atoms with Crippen LogP contribution < -0.4 is 10.1 Å². The molecular weight excluding hydrogens is 441 g/mol. The number of esters is 1. The zero-order chi connectivity index (χ0) is 19.8. The lowest BCUT2D eigenvalue weighted by atomic mass is 10.3. The molecule has 1 heterocycles. The zero-order valence-corrected chi connectivity index (χ0v) is 16.8. The summed E-state index contributed by atoms with van der Waals surface area (Å²) in [5.41, 5.74) is 0. The monoisotopic (exact) mass is 457 g/mol. The summed E-state index contributed by atoms with van der Waals surface area (Å²) < 4.78 is 23.5. The highest BCUT2D eigenvalue weighted by molar-refractivity contribution is 9.10. The average molecular weight is 458 g/mol. The van der Waals surface area contributed by atoms with Crippen LogP contribution in [0, 0.1) is 5.82 Å². The molecular formula is C18H17BrFNO5S. The molecule has 0 aliphatic heterocycles. The van der Waals surface area contributed by atoms with Crippen molar-refractivity contribution in [3.05, 3.63) is 50.4 Å². The van der Waals surface area contributed by atoms with Crippen LogP contribution in [-0.2, 0) is 20.7 Å². The largest absolute Gasteiger partial charge is 0.481 e. The van der Waals surface area contributed by atoms with Crippen LogP contribution >= 0.6 is 27.3 Å². The molecule has 144 valence electrons. The fourth-order valence-corrected chi connectivity index (χ4v) is 3.41. The van der Waals surface area contributed by atoms with Crippen LogP contribution in [0.2, 0.25) is 0 Å². The number of rotatable bonds is 9. The molecule has 27 heavy (non-hydrogen) atoms. The van der Waals surface area contributed by atoms with Crippen molar-refractivity contribution in [3.63, 3.8) is 0 Å². The third kappa shape index (κ3) is 7.10. The van der Waals surface area contributed by atoms with Gasteiger partial charge in [-0.1, -0.05) is 0 Å². The van der Waals surface area contributed by atoms with Crippen molar-refractivity contribution < 1.29 is 28.2 Å². The first-order valence-electron chi connectivity index (χ1n) is 7.95. The van der Waals surface area contributed by atoms with E-state index in [0.29, 0.717) is 28.1 Å². The minimum Gasteiger partial charge on any atom is -0.481 e. The van der Waals surface area contributed by atoms with Crippen LogP contribution in [0.5, 0.6) is 5.75 Å². The number of hydrogen-bond acceptors (Lipinski definition) is 6. The van der Waals surface area contributed by atoms with Gasteiger partial charge < -0.3 is 14.8 Å². The average Bonchev–Trinajstić information content (AvgIpc) is 3.07. The lowest BCUT2D eigenvalue weighted by Crippen LogP contribution is -2.22. The van der Waals surface area contributed by atoms with Gasteiger partial charge in [-0.2, -0.15) is 0 Å². The predicted molar refractivity (Wildman–Crippen MR) is 102 cm³/mol. The lowest BCUT2D eigenvalue weighted by molar-refractivity contribution is -0.144. The molecule has 0 spiro atoms. The van der Waals surface area contributed by atoms with Gasteiger partial charge in [0.25, 0.3) is 0 Å². The minimum atomic E-state index is -0.706. The fourth-order valence-electron chi connectivity index (χ4n) is 2.01. The topological polar surface area (TPSA) is 81.7 Å². The third-order valence-corrected chi connectivity index (χ3v) is 5.09. The molecule has 9 heteroatoms. The van der Waals surface area contributed by atoms with Crippen LogP contribution in [0.15, 0.2) is 34.8 Å². The molecule has 1 amide bonds. The van der Waals surface area contributed by atoms with E-state index >= 15 is 0 Å². The Bertz CT molecular complexity index is 839. The van der Waals surface area contributed by atoms with Gasteiger partial charge in [-0.3, -0.25) is 9.59 Å². The second-order valence-corrected chi connectivity index (χ2v) is 7.47. The smallest absolute Gasteiger partial charge is 0.344 e. The Hall–Kier alpha value is -2.26. The Labute approximate surface area is 167 Å². The summed E-state index contributed by atoms with van der Waals surface area (Å²) in [4.78, 5) is 36.1. The molecule has 0 atom stereocenters. The fraction of sp³-hybridized carbons (Fsp3) is 0.278. The number of ether oxygens (including phenoxy) is 2. The van der Waals surface area contributed by atoms with E-state index in [4.69, 9.17) is 9.47 Å². The van der Waals surface area contributed by atoms with Gasteiger partial charge in [0.2, 0.25) is 11.7 Å². The summed E-state index contributed by atoms with van der Waals surface area (Å²) in [6.07, 6.45) is 0.623. The van der Waals surface area contributed by atoms with E-state index in [1.54, 1.807) is 12.1 Å². The standard InChI is InChI=1S/C18H17BrFNO5S/c1-11(22)21-7-6-13-3-5-17(27-13)15(23)9-26-18(24)10-25-16-4-2-12(20)8-14(16)19/h2-5,8H,6-7,9-10H2,1H3,(H,21,22). The van der Waals surface area contributed by atoms with Crippen molar-refractivity contribution in [2.75, 3.05) is 19.8 Å². The molecule has 0 saturated carbocycles. The first kappa shape index (κ1) is 21.0. The molecule has 1 aromatic heterocycles. The van der Waals surface area contributed by atoms with Gasteiger partial charge in [0.1, 0.15) is 11.6 Å². The van der Waals surface area contributed by atoms with Crippen molar-refractivity contribution >= 4 is 44.9 Å². The van der Waals surface area contributed by atoms with Crippen LogP contribution in [0.3, 0.4) is 0 Å². The predicted octanol–water partition coefficient (Wildman–Crippen LogP) is 3.13. The summed E-state index contributed by atoms with van der Waals surface area (Å²) in [7, 11) is 0. The molecule has 0 saturated heterocycles. The molecule has 0 unspecified atom stereocenters. The maximum atomic E-state index is 13.0. The second-order valence-electron chi connectivity index (χ2n) is 5.45. The third-order valence-electron chi connectivity index (χ3n) is 3.29. The van der Waals surface area contributed by atoms with Crippen molar-refractivity contribution in [2.45, 2.75) is 13.3 Å². The van der Waals surface area contributed by atoms with E-state index in [-0.39, 0.29) is 11.7 Å². The molecule has 0 radical (unpaired) electrons. The van der Waals surface area contributed by atoms with Crippen molar-refractivity contribution in [3.8, 4) is 5.75 Å². The van der Waals surface area contributed by atoms with Gasteiger partial charge in [-0.15, -0.1) is 11.3 Å². The van der Waals surface area contributed by atoms with Gasteiger partial charge in [-0.25, -0.2) is 9.18 Å². The Kier molecular flexibility index (Phi) is 7.93. The number of Topliss-reactive ketones (excluding diaryl/α,β-unsaturated/α-hetero) is 1. The Balaban J connectivity index is 1.75. The molecule has 2 rings (SSSR count). The lowest BCUT2D eigenvalue weighted by Gasteiger charge is -2.08. The number of carbonyl (C=O) groups excluding carboxylic acids is 3. The maximum Gasteiger partial charge on any atom is 0.344 e. The summed E-state index contributed by atoms with van der Waals surface area (Å²) in [6, 6.07) is 7.26. The van der Waals surface area contributed by atoms with Gasteiger partial charge in [0.15, 0.2) is 13.2 Å². The first-order chi connectivity index (χ1) is 12.8. The van der Waals surface area contributed by atoms with Crippen LogP contribution in [-0.4, -0.2) is 37.4 Å². The number of carbonyl (C=O) groups is 3. The molecule has 1 aromatic carbocycles. The zero-order valence-electron chi connectivity index (χ0n) is 14.4. The molecule has 0 fully saturated rings. The van der Waals surface area contributed by atoms with E-state index in [0.717, 1.165) is 4.88 Å². The Morgan fingerprint density at radius 2 is 1.96 bits per heavy atom. The van der Waals surface area contributed by atoms with Crippen molar-refractivity contribution in [1.29, 1.82) is 0 Å². The van der Waals surface area contributed by atoms with Crippen molar-refractivity contribution in [2.24, 2.45) is 0 Å². The summed E-state index contributed by atoms with van der Waals surface area (Å²) in [6.45, 7) is 1.15. The number of benzene rings is 1. The molecule has 1 N–H and O–H groups in total. The first-order valence-corrected chi connectivity index (χ1v) is 9.56. The quantitative estimate of drug-likeness (QED) is 0.462. The number of ketones is 1. The van der Waals surface area contributed by atoms with Gasteiger partial charge in [0, 0.05) is 18.3 Å². The SMILES string of the molecule is CC(=O)NCCc1ccc(C(=O)COC(=O)COc2ccc(F)cc2Br)s1. The molecule has 0 aliphatic rings. The van der Waals surface area contributed by atoms with Gasteiger partial charge in [-0.05, 0) is 52.7 Å². The molecule has 2 aromatic rings. The highest BCUT2D eigenvalue weighted by Crippen LogP contribution is 2.25. The van der Waals surface area contributed by atoms with Crippen LogP contribution in [0.1, 0.15) is 21.5 Å². The number of halogens is 2. The summed E-state index contributed by atoms with van der Waals surface area (Å²) in [5.74, 6) is -1.27. The van der Waals surface area contributed by atoms with E-state index in [2.05, 4.69) is 21.2 Å². The number of amides is 1. The van der Waals surface area contributed by atoms with E-state index < -0.39 is 25.0 Å². The van der Waals surface area contributed by atoms with Gasteiger partial charge in [0.05, 0.1) is 9.35 Å². The molecule has 0 aliphatic carbocycles. The summed E-state index contributed by atoms with van der Waals surface area (Å²) >= 11 is 4.42. The molecule has 0 bridgehead atoms. The number of thiophene rings is 1. The Morgan fingerprint density at radius 3 is 2.67 bits per heavy atom. The number of nitrogens with one attached hydrogen (secondary N) is 1. The van der Waals surface area contributed by atoms with Gasteiger partial charge >= 0.3 is 5.97 Å². The van der Waals surface area contributed by atoms with E-state index in [1.807, 2.05) is 0 Å². The normalized spacial score (nSPS) is 10.3. The second kappa shape index (κ2) is 10.2. The molecule has 6 nitrogen and oxygen atoms in total. The summed E-state index contributed by atoms with van der Waals surface area (Å²) in [5, 5.41) is 2.68. The highest BCUT2D eigenvalue weighted by Gasteiger charge is 2.14. The van der Waals surface area contributed by atoms with E-state index in [9.17, 15) is 18.8 Å². The Morgan fingerprint density at radius 1 is 1.19 bits per heavy atom. The van der Waals surface area contributed by atoms with Crippen LogP contribution in [0.4, 0.5) is 4.39 Å². The van der Waals surface area contributed by atoms with Crippen molar-refractivity contribution in [1.82, 2.24) is 5.32 Å².